The maximum Gasteiger partial charge on any atom is 0.279 e. The van der Waals surface area contributed by atoms with Crippen molar-refractivity contribution in [2.75, 3.05) is 12.3 Å². The summed E-state index contributed by atoms with van der Waals surface area (Å²) in [5.41, 5.74) is 4.34. The lowest BCUT2D eigenvalue weighted by molar-refractivity contribution is 0.261. The predicted molar refractivity (Wildman–Crippen MR) is 65.0 cm³/mol. The van der Waals surface area contributed by atoms with Gasteiger partial charge < -0.3 is 11.1 Å². The van der Waals surface area contributed by atoms with Crippen LogP contribution in [0.3, 0.4) is 0 Å². The van der Waals surface area contributed by atoms with Crippen molar-refractivity contribution in [2.24, 2.45) is 5.73 Å². The molecule has 0 aromatic rings. The Kier molecular flexibility index (Phi) is 14.5. The predicted octanol–water partition coefficient (Wildman–Crippen LogP) is 2.24. The van der Waals surface area contributed by atoms with Crippen molar-refractivity contribution in [3.05, 3.63) is 0 Å². The fourth-order valence-corrected chi connectivity index (χ4v) is 1.37. The molecule has 0 aromatic heterocycles. The summed E-state index contributed by atoms with van der Waals surface area (Å²) in [5, 5.41) is 2.20. The summed E-state index contributed by atoms with van der Waals surface area (Å²) in [4.78, 5) is 19.9. The van der Waals surface area contributed by atoms with Gasteiger partial charge in [0.1, 0.15) is 0 Å². The molecule has 0 aliphatic heterocycles. The van der Waals surface area contributed by atoms with Crippen LogP contribution in [-0.2, 0) is 0 Å². The Balaban J connectivity index is 0. The number of amides is 2. The number of unbranched alkanes of at least 4 members (excludes halogenated alkanes) is 1. The highest BCUT2D eigenvalue weighted by atomic mass is 32.2. The van der Waals surface area contributed by atoms with Gasteiger partial charge in [-0.1, -0.05) is 37.7 Å². The summed E-state index contributed by atoms with van der Waals surface area (Å²) >= 11 is 4.48. The molecular weight excluding hydrogens is 220 g/mol. The van der Waals surface area contributed by atoms with Crippen LogP contribution in [0.15, 0.2) is 0 Å². The average Bonchev–Trinajstić information content (AvgIpc) is 2.04. The number of thiol groups is 1. The van der Waals surface area contributed by atoms with E-state index in [2.05, 4.69) is 30.6 Å². The van der Waals surface area contributed by atoms with E-state index in [1.54, 1.807) is 0 Å². The molecule has 0 aliphatic rings. The lowest BCUT2D eigenvalue weighted by Gasteiger charge is -1.98. The molecule has 0 unspecified atom stereocenters. The molecule has 0 saturated heterocycles. The van der Waals surface area contributed by atoms with E-state index in [-0.39, 0.29) is 5.24 Å². The SMILES string of the molecule is CCCCSC(=O)NCC.NC(=O)S. The quantitative estimate of drug-likeness (QED) is 0.519. The third-order valence-corrected chi connectivity index (χ3v) is 1.95. The van der Waals surface area contributed by atoms with Crippen LogP contribution in [0, 0.1) is 0 Å². The highest BCUT2D eigenvalue weighted by Crippen LogP contribution is 2.04. The number of primary amides is 1. The van der Waals surface area contributed by atoms with E-state index in [0.717, 1.165) is 25.1 Å². The van der Waals surface area contributed by atoms with Gasteiger partial charge in [0.15, 0.2) is 0 Å². The molecule has 0 aliphatic carbocycles. The van der Waals surface area contributed by atoms with Crippen molar-refractivity contribution in [2.45, 2.75) is 26.7 Å². The van der Waals surface area contributed by atoms with Gasteiger partial charge >= 0.3 is 0 Å². The second-order valence-corrected chi connectivity index (χ2v) is 3.87. The van der Waals surface area contributed by atoms with Crippen LogP contribution in [0.25, 0.3) is 0 Å². The van der Waals surface area contributed by atoms with Crippen molar-refractivity contribution in [1.82, 2.24) is 5.32 Å². The Morgan fingerprint density at radius 2 is 1.93 bits per heavy atom. The molecule has 0 fully saturated rings. The second-order valence-electron chi connectivity index (χ2n) is 2.36. The third-order valence-electron chi connectivity index (χ3n) is 1.05. The van der Waals surface area contributed by atoms with E-state index >= 15 is 0 Å². The van der Waals surface area contributed by atoms with Gasteiger partial charge in [-0.2, -0.15) is 0 Å². The van der Waals surface area contributed by atoms with E-state index in [4.69, 9.17) is 4.79 Å². The molecule has 14 heavy (non-hydrogen) atoms. The van der Waals surface area contributed by atoms with Gasteiger partial charge in [0, 0.05) is 12.3 Å². The number of thioether (sulfide) groups is 1. The Morgan fingerprint density at radius 1 is 1.43 bits per heavy atom. The van der Waals surface area contributed by atoms with Gasteiger partial charge in [-0.3, -0.25) is 9.59 Å². The summed E-state index contributed by atoms with van der Waals surface area (Å²) in [5.74, 6) is 0.947. The van der Waals surface area contributed by atoms with Gasteiger partial charge in [0.25, 0.3) is 10.5 Å². The lowest BCUT2D eigenvalue weighted by Crippen LogP contribution is -2.17. The molecule has 0 heterocycles. The first-order valence-corrected chi connectivity index (χ1v) is 5.86. The number of nitrogens with two attached hydrogens (primary N) is 1. The number of carbonyl (C=O) groups is 2. The summed E-state index contributed by atoms with van der Waals surface area (Å²) in [7, 11) is 0. The molecule has 84 valence electrons. The zero-order chi connectivity index (χ0) is 11.4. The molecule has 0 atom stereocenters. The van der Waals surface area contributed by atoms with Gasteiger partial charge in [-0.15, -0.1) is 0 Å². The summed E-state index contributed by atoms with van der Waals surface area (Å²) in [6, 6.07) is 0. The normalized spacial score (nSPS) is 8.50. The molecular formula is C8H18N2O2S2. The summed E-state index contributed by atoms with van der Waals surface area (Å²) in [6.45, 7) is 4.79. The zero-order valence-corrected chi connectivity index (χ0v) is 10.3. The van der Waals surface area contributed by atoms with Gasteiger partial charge in [0.05, 0.1) is 0 Å². The fourth-order valence-electron chi connectivity index (χ4n) is 0.505. The first kappa shape index (κ1) is 16.1. The number of carbonyl (C=O) groups excluding carboxylic acids is 2. The van der Waals surface area contributed by atoms with Crippen LogP contribution < -0.4 is 11.1 Å². The van der Waals surface area contributed by atoms with Gasteiger partial charge in [-0.05, 0) is 13.3 Å². The molecule has 0 aromatic carbocycles. The van der Waals surface area contributed by atoms with Crippen molar-refractivity contribution in [3.8, 4) is 0 Å². The average molecular weight is 238 g/mol. The van der Waals surface area contributed by atoms with Gasteiger partial charge in [-0.25, -0.2) is 0 Å². The molecule has 0 bridgehead atoms. The minimum absolute atomic E-state index is 0.107. The van der Waals surface area contributed by atoms with E-state index in [9.17, 15) is 4.79 Å². The summed E-state index contributed by atoms with van der Waals surface area (Å²) in [6.07, 6.45) is 2.29. The number of hydrogen-bond donors (Lipinski definition) is 3. The highest BCUT2D eigenvalue weighted by molar-refractivity contribution is 8.13. The molecule has 0 radical (unpaired) electrons. The topological polar surface area (TPSA) is 72.2 Å². The van der Waals surface area contributed by atoms with Crippen LogP contribution in [0.2, 0.25) is 0 Å². The zero-order valence-electron chi connectivity index (χ0n) is 8.58. The Bertz CT molecular complexity index is 161. The molecule has 2 amide bonds. The minimum atomic E-state index is -0.639. The highest BCUT2D eigenvalue weighted by Gasteiger charge is 1.96. The van der Waals surface area contributed by atoms with Crippen LogP contribution in [0.5, 0.6) is 0 Å². The van der Waals surface area contributed by atoms with Crippen molar-refractivity contribution >= 4 is 34.9 Å². The van der Waals surface area contributed by atoms with Crippen LogP contribution in [0.4, 0.5) is 9.59 Å². The smallest absolute Gasteiger partial charge is 0.279 e. The monoisotopic (exact) mass is 238 g/mol. The number of hydrogen-bond acceptors (Lipinski definition) is 3. The largest absolute Gasteiger partial charge is 0.361 e. The minimum Gasteiger partial charge on any atom is -0.361 e. The van der Waals surface area contributed by atoms with Crippen molar-refractivity contribution < 1.29 is 9.59 Å². The fraction of sp³-hybridized carbons (Fsp3) is 0.750. The van der Waals surface area contributed by atoms with E-state index in [0.29, 0.717) is 0 Å². The van der Waals surface area contributed by atoms with Crippen LogP contribution in [0.1, 0.15) is 26.7 Å². The van der Waals surface area contributed by atoms with Gasteiger partial charge in [0.2, 0.25) is 0 Å². The molecule has 6 heteroatoms. The van der Waals surface area contributed by atoms with Crippen LogP contribution >= 0.6 is 24.4 Å². The maximum atomic E-state index is 10.8. The molecule has 0 saturated carbocycles. The second kappa shape index (κ2) is 12.6. The first-order chi connectivity index (χ1) is 6.54. The van der Waals surface area contributed by atoms with E-state index in [1.807, 2.05) is 6.92 Å². The molecule has 3 N–H and O–H groups in total. The number of nitrogens with one attached hydrogen (secondary N) is 1. The van der Waals surface area contributed by atoms with Crippen molar-refractivity contribution in [1.29, 1.82) is 0 Å². The first-order valence-electron chi connectivity index (χ1n) is 4.43. The van der Waals surface area contributed by atoms with E-state index in [1.165, 1.54) is 11.8 Å². The van der Waals surface area contributed by atoms with Crippen LogP contribution in [-0.4, -0.2) is 22.8 Å². The third kappa shape index (κ3) is 22.6. The number of rotatable bonds is 4. The Labute approximate surface area is 94.8 Å². The molecule has 0 rings (SSSR count). The lowest BCUT2D eigenvalue weighted by atomic mass is 10.4. The van der Waals surface area contributed by atoms with Crippen molar-refractivity contribution in [3.63, 3.8) is 0 Å². The molecule has 0 spiro atoms. The summed E-state index contributed by atoms with van der Waals surface area (Å²) < 4.78 is 0. The van der Waals surface area contributed by atoms with E-state index < -0.39 is 5.24 Å². The Morgan fingerprint density at radius 3 is 2.29 bits per heavy atom. The maximum absolute atomic E-state index is 10.8. The molecule has 4 nitrogen and oxygen atoms in total. The standard InChI is InChI=1S/C7H15NOS.CH3NOS/c1-3-5-6-10-7(9)8-4-2;2-1(3)4/h3-6H2,1-2H3,(H,8,9);(H3,2,3,4). The Hall–Kier alpha value is -0.360.